The van der Waals surface area contributed by atoms with E-state index in [0.29, 0.717) is 22.5 Å². The van der Waals surface area contributed by atoms with E-state index in [-0.39, 0.29) is 36.6 Å². The Bertz CT molecular complexity index is 1140. The van der Waals surface area contributed by atoms with E-state index in [4.69, 9.17) is 0 Å². The maximum atomic E-state index is 12.7. The van der Waals surface area contributed by atoms with Gasteiger partial charge in [-0.05, 0) is 86.6 Å². The second-order valence-electron chi connectivity index (χ2n) is 7.85. The summed E-state index contributed by atoms with van der Waals surface area (Å²) in [4.78, 5) is 33.8. The molecule has 0 saturated carbocycles. The topological polar surface area (TPSA) is 107 Å². The minimum absolute atomic E-state index is 0. The zero-order valence-electron chi connectivity index (χ0n) is 21.9. The van der Waals surface area contributed by atoms with Crippen molar-refractivity contribution in [1.29, 1.82) is 0 Å². The average Bonchev–Trinajstić information content (AvgIpc) is 2.91. The van der Waals surface area contributed by atoms with E-state index in [1.165, 1.54) is 0 Å². The van der Waals surface area contributed by atoms with E-state index in [2.05, 4.69) is 31.3 Å². The summed E-state index contributed by atoms with van der Waals surface area (Å²) >= 11 is 0. The molecule has 0 bridgehead atoms. The highest BCUT2D eigenvalue weighted by Crippen LogP contribution is 2.15. The predicted molar refractivity (Wildman–Crippen MR) is 162 cm³/mol. The Kier molecular flexibility index (Phi) is 13.6. The number of nitrogens with zero attached hydrogens (tertiary/aromatic N) is 2. The molecule has 8 nitrogen and oxygen atoms in total. The van der Waals surface area contributed by atoms with E-state index in [9.17, 15) is 9.59 Å². The Morgan fingerprint density at radius 3 is 1.11 bits per heavy atom. The van der Waals surface area contributed by atoms with Gasteiger partial charge in [0.15, 0.2) is 0 Å². The monoisotopic (exact) mass is 556 g/mol. The Morgan fingerprint density at radius 1 is 0.553 bits per heavy atom. The summed E-state index contributed by atoms with van der Waals surface area (Å²) < 4.78 is 0. The molecule has 0 saturated heterocycles. The normalized spacial score (nSPS) is 10.9. The van der Waals surface area contributed by atoms with Gasteiger partial charge >= 0.3 is 0 Å². The van der Waals surface area contributed by atoms with E-state index in [1.54, 1.807) is 38.4 Å². The maximum absolute atomic E-state index is 12.7. The smallest absolute Gasteiger partial charge is 0.255 e. The van der Waals surface area contributed by atoms with Crippen LogP contribution in [0.3, 0.4) is 0 Å². The summed E-state index contributed by atoms with van der Waals surface area (Å²) in [5.41, 5.74) is 4.15. The minimum atomic E-state index is -0.254. The number of aliphatic imine (C=N–C) groups is 2. The Morgan fingerprint density at radius 2 is 0.842 bits per heavy atom. The lowest BCUT2D eigenvalue weighted by atomic mass is 10.1. The molecule has 0 aliphatic carbocycles. The molecule has 3 aromatic rings. The Hall–Kier alpha value is -3.88. The lowest BCUT2D eigenvalue weighted by Gasteiger charge is -2.10. The fourth-order valence-electron chi connectivity index (χ4n) is 3.56. The van der Waals surface area contributed by atoms with Crippen LogP contribution in [0.25, 0.3) is 0 Å². The molecule has 38 heavy (non-hydrogen) atoms. The molecule has 0 aliphatic heterocycles. The Balaban J connectivity index is 0.00000361. The third kappa shape index (κ3) is 8.61. The van der Waals surface area contributed by atoms with Gasteiger partial charge < -0.3 is 21.3 Å². The molecule has 0 radical (unpaired) electrons. The summed E-state index contributed by atoms with van der Waals surface area (Å²) in [5.74, 6) is 1.09. The van der Waals surface area contributed by atoms with E-state index < -0.39 is 0 Å². The van der Waals surface area contributed by atoms with Crippen LogP contribution in [0.15, 0.2) is 82.8 Å². The van der Waals surface area contributed by atoms with Crippen LogP contribution >= 0.6 is 24.8 Å². The lowest BCUT2D eigenvalue weighted by molar-refractivity contribution is 0.101. The first-order valence-electron chi connectivity index (χ1n) is 11.8. The highest BCUT2D eigenvalue weighted by atomic mass is 35.5. The molecule has 0 atom stereocenters. The third-order valence-electron chi connectivity index (χ3n) is 5.38. The molecule has 0 fully saturated rings. The number of anilines is 2. The van der Waals surface area contributed by atoms with E-state index >= 15 is 0 Å². The summed E-state index contributed by atoms with van der Waals surface area (Å²) in [6.07, 6.45) is 0. The van der Waals surface area contributed by atoms with Crippen molar-refractivity contribution in [3.05, 3.63) is 95.1 Å². The second-order valence-corrected chi connectivity index (χ2v) is 7.85. The number of rotatable bonds is 8. The number of hydrogen-bond donors (Lipinski definition) is 4. The number of benzene rings is 3. The number of amides is 2. The van der Waals surface area contributed by atoms with Gasteiger partial charge in [0, 0.05) is 60.8 Å². The summed E-state index contributed by atoms with van der Waals surface area (Å²) in [7, 11) is 3.47. The summed E-state index contributed by atoms with van der Waals surface area (Å²) in [6, 6.07) is 21.5. The van der Waals surface area contributed by atoms with Crippen molar-refractivity contribution < 1.29 is 9.59 Å². The standard InChI is InChI=1S/C28H32N6O2.2ClH/c1-5-31-25(29-3)19-11-15-23(16-12-19)33-27(35)21-7-9-22(10-8-21)28(36)34-24-17-13-20(14-18-24)26(30-4)32-6-2;;/h7-18H,5-6H2,1-4H3,(H,29,31)(H,30,32)(H,33,35)(H,34,36);2*1H. The van der Waals surface area contributed by atoms with Crippen LogP contribution in [-0.2, 0) is 0 Å². The molecule has 0 aromatic heterocycles. The molecule has 3 rings (SSSR count). The molecule has 0 heterocycles. The van der Waals surface area contributed by atoms with Gasteiger partial charge in [-0.15, -0.1) is 24.8 Å². The predicted octanol–water partition coefficient (Wildman–Crippen LogP) is 5.01. The quantitative estimate of drug-likeness (QED) is 0.231. The molecular weight excluding hydrogens is 523 g/mol. The zero-order valence-corrected chi connectivity index (χ0v) is 23.5. The van der Waals surface area contributed by atoms with Gasteiger partial charge in [-0.2, -0.15) is 0 Å². The van der Waals surface area contributed by atoms with Crippen molar-refractivity contribution in [1.82, 2.24) is 10.6 Å². The molecular formula is C28H34Cl2N6O2. The first-order chi connectivity index (χ1) is 17.5. The van der Waals surface area contributed by atoms with E-state index in [1.807, 2.05) is 62.4 Å². The Labute approximate surface area is 236 Å². The minimum Gasteiger partial charge on any atom is -0.370 e. The van der Waals surface area contributed by atoms with Crippen molar-refractivity contribution in [3.63, 3.8) is 0 Å². The molecule has 202 valence electrons. The third-order valence-corrected chi connectivity index (χ3v) is 5.38. The first-order valence-corrected chi connectivity index (χ1v) is 11.8. The molecule has 0 aliphatic rings. The van der Waals surface area contributed by atoms with Gasteiger partial charge in [-0.3, -0.25) is 19.6 Å². The van der Waals surface area contributed by atoms with Crippen molar-refractivity contribution in [2.75, 3.05) is 37.8 Å². The number of amidine groups is 2. The number of hydrogen-bond acceptors (Lipinski definition) is 4. The summed E-state index contributed by atoms with van der Waals surface area (Å²) in [6.45, 7) is 5.57. The molecule has 4 N–H and O–H groups in total. The van der Waals surface area contributed by atoms with Gasteiger partial charge in [0.25, 0.3) is 11.8 Å². The van der Waals surface area contributed by atoms with Crippen molar-refractivity contribution >= 4 is 59.7 Å². The van der Waals surface area contributed by atoms with Gasteiger partial charge in [-0.1, -0.05) is 0 Å². The summed E-state index contributed by atoms with van der Waals surface area (Å²) in [5, 5.41) is 12.2. The van der Waals surface area contributed by atoms with Crippen LogP contribution in [0, 0.1) is 0 Å². The lowest BCUT2D eigenvalue weighted by Crippen LogP contribution is -2.23. The number of carbonyl (C=O) groups excluding carboxylic acids is 2. The highest BCUT2D eigenvalue weighted by Gasteiger charge is 2.11. The molecule has 0 unspecified atom stereocenters. The first kappa shape index (κ1) is 32.1. The SMILES string of the molecule is CCNC(=NC)c1ccc(NC(=O)c2ccc(C(=O)Nc3ccc(C(=NC)NCC)cc3)cc2)cc1.Cl.Cl. The largest absolute Gasteiger partial charge is 0.370 e. The van der Waals surface area contributed by atoms with Gasteiger partial charge in [0.05, 0.1) is 0 Å². The van der Waals surface area contributed by atoms with Gasteiger partial charge in [0.1, 0.15) is 11.7 Å². The fourth-order valence-corrected chi connectivity index (χ4v) is 3.56. The number of nitrogens with one attached hydrogen (secondary N) is 4. The van der Waals surface area contributed by atoms with Crippen LogP contribution in [-0.4, -0.2) is 50.7 Å². The van der Waals surface area contributed by atoms with Crippen LogP contribution in [0.4, 0.5) is 11.4 Å². The van der Waals surface area contributed by atoms with Crippen LogP contribution < -0.4 is 21.3 Å². The van der Waals surface area contributed by atoms with Crippen LogP contribution in [0.5, 0.6) is 0 Å². The molecule has 3 aromatic carbocycles. The average molecular weight is 558 g/mol. The van der Waals surface area contributed by atoms with Crippen LogP contribution in [0.2, 0.25) is 0 Å². The number of halogens is 2. The van der Waals surface area contributed by atoms with Gasteiger partial charge in [0.2, 0.25) is 0 Å². The maximum Gasteiger partial charge on any atom is 0.255 e. The van der Waals surface area contributed by atoms with E-state index in [0.717, 1.165) is 35.9 Å². The fraction of sp³-hybridized carbons (Fsp3) is 0.214. The van der Waals surface area contributed by atoms with Crippen LogP contribution in [0.1, 0.15) is 45.7 Å². The van der Waals surface area contributed by atoms with Crippen molar-refractivity contribution in [3.8, 4) is 0 Å². The molecule has 10 heteroatoms. The van der Waals surface area contributed by atoms with Crippen molar-refractivity contribution in [2.24, 2.45) is 9.98 Å². The molecule has 2 amide bonds. The van der Waals surface area contributed by atoms with Gasteiger partial charge in [-0.25, -0.2) is 0 Å². The number of carbonyl (C=O) groups is 2. The highest BCUT2D eigenvalue weighted by molar-refractivity contribution is 6.07. The second kappa shape index (κ2) is 16.1. The van der Waals surface area contributed by atoms with Crippen molar-refractivity contribution in [2.45, 2.75) is 13.8 Å². The molecule has 0 spiro atoms. The zero-order chi connectivity index (χ0) is 25.9.